The summed E-state index contributed by atoms with van der Waals surface area (Å²) < 4.78 is 29.5. The van der Waals surface area contributed by atoms with Crippen LogP contribution in [0.1, 0.15) is 13.3 Å². The first-order valence-corrected chi connectivity index (χ1v) is 5.64. The molecule has 78 valence electrons. The molecule has 13 heavy (non-hydrogen) atoms. The molecule has 1 saturated heterocycles. The fraction of sp³-hybridized carbons (Fsp3) is 1.00. The van der Waals surface area contributed by atoms with E-state index in [2.05, 4.69) is 4.84 Å². The van der Waals surface area contributed by atoms with Crippen LogP contribution in [0.15, 0.2) is 0 Å². The molecule has 1 fully saturated rings. The van der Waals surface area contributed by atoms with Gasteiger partial charge < -0.3 is 4.74 Å². The van der Waals surface area contributed by atoms with E-state index in [0.717, 1.165) is 4.47 Å². The molecule has 0 amide bonds. The summed E-state index contributed by atoms with van der Waals surface area (Å²) in [6.07, 6.45) is 0.291. The predicted octanol–water partition coefficient (Wildman–Crippen LogP) is -0.0132. The number of hydroxylamine groups is 1. The van der Waals surface area contributed by atoms with E-state index in [-0.39, 0.29) is 6.10 Å². The molecule has 2 unspecified atom stereocenters. The lowest BCUT2D eigenvalue weighted by Gasteiger charge is -2.20. The minimum atomic E-state index is -3.35. The van der Waals surface area contributed by atoms with Gasteiger partial charge in [0.1, 0.15) is 5.25 Å². The van der Waals surface area contributed by atoms with Gasteiger partial charge in [-0.05, 0) is 13.3 Å². The number of ether oxygens (including phenoxy) is 1. The zero-order chi connectivity index (χ0) is 10.1. The maximum Gasteiger partial charge on any atom is 0.241 e. The van der Waals surface area contributed by atoms with E-state index in [1.165, 1.54) is 14.2 Å². The van der Waals surface area contributed by atoms with Gasteiger partial charge in [-0.2, -0.15) is 0 Å². The summed E-state index contributed by atoms with van der Waals surface area (Å²) in [4.78, 5) is 4.67. The van der Waals surface area contributed by atoms with Crippen molar-refractivity contribution < 1.29 is 18.0 Å². The van der Waals surface area contributed by atoms with Gasteiger partial charge in [0.15, 0.2) is 0 Å². The Kier molecular flexibility index (Phi) is 3.28. The van der Waals surface area contributed by atoms with Gasteiger partial charge in [-0.15, -0.1) is 0 Å². The highest BCUT2D eigenvalue weighted by Crippen LogP contribution is 2.22. The Labute approximate surface area is 78.6 Å². The molecule has 0 spiro atoms. The lowest BCUT2D eigenvalue weighted by molar-refractivity contribution is -0.0275. The summed E-state index contributed by atoms with van der Waals surface area (Å²) in [6.45, 7) is 2.27. The van der Waals surface area contributed by atoms with E-state index >= 15 is 0 Å². The average Bonchev–Trinajstić information content (AvgIpc) is 2.50. The second kappa shape index (κ2) is 3.91. The van der Waals surface area contributed by atoms with Crippen LogP contribution in [0.25, 0.3) is 0 Å². The zero-order valence-electron chi connectivity index (χ0n) is 8.06. The van der Waals surface area contributed by atoms with Gasteiger partial charge in [-0.1, -0.05) is 4.47 Å². The van der Waals surface area contributed by atoms with Crippen molar-refractivity contribution in [1.29, 1.82) is 0 Å². The van der Waals surface area contributed by atoms with Gasteiger partial charge >= 0.3 is 0 Å². The largest absolute Gasteiger partial charge is 0.377 e. The summed E-state index contributed by atoms with van der Waals surface area (Å²) in [5.74, 6) is 0. The van der Waals surface area contributed by atoms with Crippen LogP contribution in [0.3, 0.4) is 0 Å². The van der Waals surface area contributed by atoms with Gasteiger partial charge in [0.2, 0.25) is 10.0 Å². The van der Waals surface area contributed by atoms with Gasteiger partial charge in [0.25, 0.3) is 0 Å². The lowest BCUT2D eigenvalue weighted by Crippen LogP contribution is -2.38. The summed E-state index contributed by atoms with van der Waals surface area (Å²) in [7, 11) is -0.631. The summed E-state index contributed by atoms with van der Waals surface area (Å²) in [5, 5.41) is -0.475. The van der Waals surface area contributed by atoms with Crippen molar-refractivity contribution >= 4 is 10.0 Å². The zero-order valence-corrected chi connectivity index (χ0v) is 8.87. The molecule has 1 rings (SSSR count). The van der Waals surface area contributed by atoms with Crippen LogP contribution in [-0.4, -0.2) is 45.0 Å². The fourth-order valence-electron chi connectivity index (χ4n) is 1.40. The Morgan fingerprint density at radius 3 is 2.54 bits per heavy atom. The van der Waals surface area contributed by atoms with Crippen molar-refractivity contribution in [3.63, 3.8) is 0 Å². The Bertz CT molecular complexity index is 264. The Balaban J connectivity index is 2.80. The second-order valence-electron chi connectivity index (χ2n) is 3.04. The maximum atomic E-state index is 11.7. The molecule has 1 aliphatic heterocycles. The molecule has 0 radical (unpaired) electrons. The number of rotatable bonds is 3. The lowest BCUT2D eigenvalue weighted by atomic mass is 10.3. The summed E-state index contributed by atoms with van der Waals surface area (Å²) in [5.41, 5.74) is 0. The van der Waals surface area contributed by atoms with Crippen molar-refractivity contribution in [2.75, 3.05) is 20.8 Å². The molecular formula is C7H15NO4S. The van der Waals surface area contributed by atoms with Crippen LogP contribution < -0.4 is 0 Å². The fourth-order valence-corrected chi connectivity index (χ4v) is 2.94. The number of nitrogens with zero attached hydrogens (tertiary/aromatic N) is 1. The third-order valence-corrected chi connectivity index (χ3v) is 4.55. The summed E-state index contributed by atoms with van der Waals surface area (Å²) >= 11 is 0. The molecule has 2 atom stereocenters. The van der Waals surface area contributed by atoms with Crippen LogP contribution in [-0.2, 0) is 19.6 Å². The molecule has 0 bridgehead atoms. The first-order chi connectivity index (χ1) is 6.00. The normalized spacial score (nSPS) is 29.8. The molecule has 0 aromatic heterocycles. The monoisotopic (exact) mass is 209 g/mol. The quantitative estimate of drug-likeness (QED) is 0.613. The number of sulfonamides is 1. The molecule has 0 aliphatic carbocycles. The molecular weight excluding hydrogens is 194 g/mol. The van der Waals surface area contributed by atoms with E-state index in [9.17, 15) is 8.42 Å². The second-order valence-corrected chi connectivity index (χ2v) is 5.19. The van der Waals surface area contributed by atoms with Crippen molar-refractivity contribution in [2.24, 2.45) is 0 Å². The molecule has 0 saturated carbocycles. The first kappa shape index (κ1) is 10.9. The molecule has 0 aromatic rings. The van der Waals surface area contributed by atoms with Gasteiger partial charge in [-0.25, -0.2) is 8.42 Å². The van der Waals surface area contributed by atoms with Crippen molar-refractivity contribution in [3.05, 3.63) is 0 Å². The Morgan fingerprint density at radius 1 is 1.54 bits per heavy atom. The van der Waals surface area contributed by atoms with Crippen LogP contribution in [0, 0.1) is 0 Å². The van der Waals surface area contributed by atoms with Gasteiger partial charge in [0.05, 0.1) is 13.2 Å². The minimum absolute atomic E-state index is 0.248. The average molecular weight is 209 g/mol. The topological polar surface area (TPSA) is 55.8 Å². The SMILES string of the molecule is CON(C)S(=O)(=O)C1CCOC1C. The Hall–Kier alpha value is -0.170. The molecule has 1 heterocycles. The van der Waals surface area contributed by atoms with E-state index in [4.69, 9.17) is 4.74 Å². The third-order valence-electron chi connectivity index (χ3n) is 2.30. The highest BCUT2D eigenvalue weighted by atomic mass is 32.2. The molecule has 6 heteroatoms. The molecule has 0 N–H and O–H groups in total. The van der Waals surface area contributed by atoms with Crippen molar-refractivity contribution in [1.82, 2.24) is 4.47 Å². The number of hydrogen-bond acceptors (Lipinski definition) is 4. The smallest absolute Gasteiger partial charge is 0.241 e. The van der Waals surface area contributed by atoms with E-state index < -0.39 is 15.3 Å². The number of hydrogen-bond donors (Lipinski definition) is 0. The van der Waals surface area contributed by atoms with E-state index in [1.54, 1.807) is 6.92 Å². The van der Waals surface area contributed by atoms with Crippen LogP contribution in [0.2, 0.25) is 0 Å². The minimum Gasteiger partial charge on any atom is -0.377 e. The highest BCUT2D eigenvalue weighted by molar-refractivity contribution is 7.89. The van der Waals surface area contributed by atoms with Crippen LogP contribution in [0.4, 0.5) is 0 Å². The van der Waals surface area contributed by atoms with E-state index in [0.29, 0.717) is 13.0 Å². The third kappa shape index (κ3) is 2.01. The Morgan fingerprint density at radius 2 is 2.15 bits per heavy atom. The predicted molar refractivity (Wildman–Crippen MR) is 47.5 cm³/mol. The molecule has 5 nitrogen and oxygen atoms in total. The van der Waals surface area contributed by atoms with Crippen LogP contribution in [0.5, 0.6) is 0 Å². The van der Waals surface area contributed by atoms with E-state index in [1.807, 2.05) is 0 Å². The van der Waals surface area contributed by atoms with Gasteiger partial charge in [0, 0.05) is 13.7 Å². The highest BCUT2D eigenvalue weighted by Gasteiger charge is 2.38. The standard InChI is InChI=1S/C7H15NO4S/c1-6-7(4-5-12-6)13(9,10)8(2)11-3/h6-7H,4-5H2,1-3H3. The van der Waals surface area contributed by atoms with Crippen molar-refractivity contribution in [3.8, 4) is 0 Å². The van der Waals surface area contributed by atoms with Crippen LogP contribution >= 0.6 is 0 Å². The summed E-state index contributed by atoms with van der Waals surface area (Å²) in [6, 6.07) is 0. The molecule has 1 aliphatic rings. The molecule has 0 aromatic carbocycles. The van der Waals surface area contributed by atoms with Crippen molar-refractivity contribution in [2.45, 2.75) is 24.7 Å². The maximum absolute atomic E-state index is 11.7. The van der Waals surface area contributed by atoms with Gasteiger partial charge in [-0.3, -0.25) is 4.84 Å². The first-order valence-electron chi connectivity index (χ1n) is 4.13.